The van der Waals surface area contributed by atoms with Gasteiger partial charge in [-0.3, -0.25) is 4.79 Å². The van der Waals surface area contributed by atoms with E-state index in [4.69, 9.17) is 5.73 Å². The normalized spacial score (nSPS) is 26.5. The molecule has 0 aromatic carbocycles. The summed E-state index contributed by atoms with van der Waals surface area (Å²) in [5.41, 5.74) is 5.45. The van der Waals surface area contributed by atoms with E-state index in [9.17, 15) is 9.70 Å². The summed E-state index contributed by atoms with van der Waals surface area (Å²) in [6.45, 7) is 0.413. The van der Waals surface area contributed by atoms with Gasteiger partial charge in [0, 0.05) is 6.54 Å². The zero-order valence-corrected chi connectivity index (χ0v) is 6.19. The molecule has 1 amide bonds. The van der Waals surface area contributed by atoms with E-state index in [1.165, 1.54) is 0 Å². The molecule has 0 bridgehead atoms. The van der Waals surface area contributed by atoms with Crippen LogP contribution in [0, 0.1) is 4.91 Å². The number of hydrogen-bond donors (Lipinski definition) is 1. The van der Waals surface area contributed by atoms with Crippen molar-refractivity contribution in [2.24, 2.45) is 11.0 Å². The van der Waals surface area contributed by atoms with Gasteiger partial charge in [-0.05, 0) is 19.3 Å². The molecule has 11 heavy (non-hydrogen) atoms. The molecule has 0 radical (unpaired) electrons. The van der Waals surface area contributed by atoms with Gasteiger partial charge >= 0.3 is 0 Å². The number of carbonyl (C=O) groups is 1. The Kier molecular flexibility index (Phi) is 2.53. The van der Waals surface area contributed by atoms with Crippen LogP contribution in [0.1, 0.15) is 19.3 Å². The summed E-state index contributed by atoms with van der Waals surface area (Å²) in [5.74, 6) is -0.350. The van der Waals surface area contributed by atoms with Crippen molar-refractivity contribution < 1.29 is 4.79 Å². The molecule has 1 unspecified atom stereocenters. The van der Waals surface area contributed by atoms with Crippen LogP contribution in [0.5, 0.6) is 0 Å². The Morgan fingerprint density at radius 2 is 2.27 bits per heavy atom. The van der Waals surface area contributed by atoms with E-state index in [0.29, 0.717) is 13.0 Å². The first-order valence-electron chi connectivity index (χ1n) is 3.66. The van der Waals surface area contributed by atoms with Gasteiger partial charge in [0.2, 0.25) is 0 Å². The van der Waals surface area contributed by atoms with Gasteiger partial charge in [-0.15, -0.1) is 4.91 Å². The van der Waals surface area contributed by atoms with Crippen LogP contribution >= 0.6 is 0 Å². The lowest BCUT2D eigenvalue weighted by molar-refractivity contribution is -0.132. The molecule has 1 heterocycles. The average molecular weight is 157 g/mol. The van der Waals surface area contributed by atoms with Crippen molar-refractivity contribution >= 4 is 5.91 Å². The number of nitrogens with zero attached hydrogens (tertiary/aromatic N) is 2. The topological polar surface area (TPSA) is 75.8 Å². The highest BCUT2D eigenvalue weighted by molar-refractivity contribution is 5.81. The summed E-state index contributed by atoms with van der Waals surface area (Å²) in [6, 6.07) is -0.532. The van der Waals surface area contributed by atoms with Crippen molar-refractivity contribution in [3.8, 4) is 0 Å². The average Bonchev–Trinajstić information content (AvgIpc) is 2.16. The summed E-state index contributed by atoms with van der Waals surface area (Å²) in [5, 5.41) is 3.51. The summed E-state index contributed by atoms with van der Waals surface area (Å²) < 4.78 is 0. The van der Waals surface area contributed by atoms with Gasteiger partial charge < -0.3 is 5.73 Å². The molecule has 0 saturated carbocycles. The SMILES string of the molecule is NC1CCCCN(N=O)C1=O. The van der Waals surface area contributed by atoms with Gasteiger partial charge in [0.05, 0.1) is 11.3 Å². The highest BCUT2D eigenvalue weighted by Crippen LogP contribution is 2.10. The number of hydrogen-bond acceptors (Lipinski definition) is 4. The Bertz CT molecular complexity index is 171. The molecule has 1 aliphatic heterocycles. The van der Waals surface area contributed by atoms with Gasteiger partial charge in [-0.1, -0.05) is 0 Å². The Morgan fingerprint density at radius 1 is 1.55 bits per heavy atom. The van der Waals surface area contributed by atoms with Crippen molar-refractivity contribution in [2.45, 2.75) is 25.3 Å². The van der Waals surface area contributed by atoms with E-state index < -0.39 is 6.04 Å². The van der Waals surface area contributed by atoms with E-state index >= 15 is 0 Å². The second-order valence-corrected chi connectivity index (χ2v) is 2.65. The van der Waals surface area contributed by atoms with E-state index in [2.05, 4.69) is 5.29 Å². The molecule has 1 rings (SSSR count). The molecular formula is C6H11N3O2. The van der Waals surface area contributed by atoms with Crippen molar-refractivity contribution in [3.05, 3.63) is 4.91 Å². The molecule has 1 fully saturated rings. The van der Waals surface area contributed by atoms with E-state index in [-0.39, 0.29) is 5.91 Å². The highest BCUT2D eigenvalue weighted by atomic mass is 16.3. The maximum atomic E-state index is 11.1. The first kappa shape index (κ1) is 8.13. The molecule has 0 aromatic heterocycles. The van der Waals surface area contributed by atoms with Gasteiger partial charge in [0.25, 0.3) is 5.91 Å². The minimum Gasteiger partial charge on any atom is -0.320 e. The van der Waals surface area contributed by atoms with E-state index in [1.807, 2.05) is 0 Å². The van der Waals surface area contributed by atoms with Gasteiger partial charge in [0.15, 0.2) is 0 Å². The predicted octanol–water partition coefficient (Wildman–Crippen LogP) is 0.00760. The molecule has 5 nitrogen and oxygen atoms in total. The summed E-state index contributed by atoms with van der Waals surface area (Å²) in [4.78, 5) is 21.2. The van der Waals surface area contributed by atoms with Gasteiger partial charge in [-0.25, -0.2) is 0 Å². The molecule has 62 valence electrons. The fourth-order valence-electron chi connectivity index (χ4n) is 1.13. The first-order chi connectivity index (χ1) is 5.25. The minimum absolute atomic E-state index is 0.350. The fraction of sp³-hybridized carbons (Fsp3) is 0.833. The smallest absolute Gasteiger partial charge is 0.262 e. The molecule has 0 aromatic rings. The largest absolute Gasteiger partial charge is 0.320 e. The van der Waals surface area contributed by atoms with Crippen LogP contribution in [0.4, 0.5) is 0 Å². The Labute approximate surface area is 64.5 Å². The lowest BCUT2D eigenvalue weighted by atomic mass is 10.1. The third-order valence-corrected chi connectivity index (χ3v) is 1.81. The highest BCUT2D eigenvalue weighted by Gasteiger charge is 2.24. The third-order valence-electron chi connectivity index (χ3n) is 1.81. The monoisotopic (exact) mass is 157 g/mol. The van der Waals surface area contributed by atoms with E-state index in [0.717, 1.165) is 17.9 Å². The number of rotatable bonds is 1. The van der Waals surface area contributed by atoms with Crippen molar-refractivity contribution in [2.75, 3.05) is 6.54 Å². The summed E-state index contributed by atoms with van der Waals surface area (Å²) >= 11 is 0. The van der Waals surface area contributed by atoms with Gasteiger partial charge in [0.1, 0.15) is 0 Å². The quantitative estimate of drug-likeness (QED) is 0.544. The molecule has 1 saturated heterocycles. The molecule has 1 aliphatic rings. The lowest BCUT2D eigenvalue weighted by Crippen LogP contribution is -2.39. The Morgan fingerprint density at radius 3 is 2.91 bits per heavy atom. The number of nitrogens with two attached hydrogens (primary N) is 1. The molecule has 2 N–H and O–H groups in total. The number of amides is 1. The Balaban J connectivity index is 2.63. The third kappa shape index (κ3) is 1.74. The van der Waals surface area contributed by atoms with Crippen LogP contribution < -0.4 is 5.73 Å². The molecule has 1 atom stereocenters. The van der Waals surface area contributed by atoms with Crippen molar-refractivity contribution in [3.63, 3.8) is 0 Å². The second kappa shape index (κ2) is 3.43. The first-order valence-corrected chi connectivity index (χ1v) is 3.66. The Hall–Kier alpha value is -0.970. The predicted molar refractivity (Wildman–Crippen MR) is 39.3 cm³/mol. The number of nitroso groups, excluding NO2 is 1. The van der Waals surface area contributed by atoms with Crippen LogP contribution in [0.15, 0.2) is 5.29 Å². The maximum Gasteiger partial charge on any atom is 0.262 e. The maximum absolute atomic E-state index is 11.1. The molecule has 0 aliphatic carbocycles. The van der Waals surface area contributed by atoms with Crippen LogP contribution in [0.3, 0.4) is 0 Å². The van der Waals surface area contributed by atoms with Crippen LogP contribution in [-0.2, 0) is 4.79 Å². The van der Waals surface area contributed by atoms with Crippen LogP contribution in [0.2, 0.25) is 0 Å². The number of carbonyl (C=O) groups excluding carboxylic acids is 1. The van der Waals surface area contributed by atoms with E-state index in [1.54, 1.807) is 0 Å². The summed E-state index contributed by atoms with van der Waals surface area (Å²) in [6.07, 6.45) is 2.36. The zero-order valence-electron chi connectivity index (χ0n) is 6.19. The molecule has 0 spiro atoms. The standard InChI is InChI=1S/C6H11N3O2/c7-5-3-1-2-4-9(8-11)6(5)10/h5H,1-4,7H2. The van der Waals surface area contributed by atoms with Crippen molar-refractivity contribution in [1.29, 1.82) is 0 Å². The van der Waals surface area contributed by atoms with Crippen molar-refractivity contribution in [1.82, 2.24) is 5.01 Å². The van der Waals surface area contributed by atoms with Gasteiger partial charge in [-0.2, -0.15) is 5.01 Å². The second-order valence-electron chi connectivity index (χ2n) is 2.65. The fourth-order valence-corrected chi connectivity index (χ4v) is 1.13. The molecular weight excluding hydrogens is 146 g/mol. The lowest BCUT2D eigenvalue weighted by Gasteiger charge is -2.11. The van der Waals surface area contributed by atoms with Crippen LogP contribution in [-0.4, -0.2) is 23.5 Å². The zero-order chi connectivity index (χ0) is 8.27. The summed E-state index contributed by atoms with van der Waals surface area (Å²) in [7, 11) is 0. The minimum atomic E-state index is -0.532. The van der Waals surface area contributed by atoms with Crippen LogP contribution in [0.25, 0.3) is 0 Å². The molecule has 5 heteroatoms.